The van der Waals surface area contributed by atoms with Crippen molar-refractivity contribution in [2.75, 3.05) is 47.9 Å². The average Bonchev–Trinajstić information content (AvgIpc) is 3.15. The van der Waals surface area contributed by atoms with Gasteiger partial charge in [-0.1, -0.05) is 12.1 Å². The van der Waals surface area contributed by atoms with Gasteiger partial charge in [0, 0.05) is 54.1 Å². The van der Waals surface area contributed by atoms with Gasteiger partial charge in [-0.2, -0.15) is 0 Å². The lowest BCUT2D eigenvalue weighted by atomic mass is 10.0. The number of likely N-dealkylation sites (N-methyl/N-ethyl adjacent to an activating group) is 2. The Bertz CT molecular complexity index is 1210. The van der Waals surface area contributed by atoms with Crippen LogP contribution in [0, 0.1) is 0 Å². The van der Waals surface area contributed by atoms with E-state index in [2.05, 4.69) is 57.7 Å². The standard InChI is InChI=1S/C27H32N4O2/c1-29(2)11-12-31-26-10-7-24(32)16-21(26)17-27(31)23-15-22(18-28-19-23)20-5-8-25(9-6-20)33-14-13-30(3)4/h5-10,15-19,32H,11-14H2,1-4H3. The van der Waals surface area contributed by atoms with E-state index < -0.39 is 0 Å². The molecule has 0 unspecified atom stereocenters. The summed E-state index contributed by atoms with van der Waals surface area (Å²) in [5.74, 6) is 1.15. The van der Waals surface area contributed by atoms with Gasteiger partial charge in [0.1, 0.15) is 18.1 Å². The molecule has 0 radical (unpaired) electrons. The fraction of sp³-hybridized carbons (Fsp3) is 0.296. The molecule has 0 saturated carbocycles. The number of rotatable bonds is 9. The molecule has 0 aliphatic carbocycles. The molecular weight excluding hydrogens is 412 g/mol. The van der Waals surface area contributed by atoms with E-state index in [0.717, 1.165) is 58.7 Å². The smallest absolute Gasteiger partial charge is 0.119 e. The summed E-state index contributed by atoms with van der Waals surface area (Å²) in [4.78, 5) is 8.82. The zero-order chi connectivity index (χ0) is 23.4. The van der Waals surface area contributed by atoms with Gasteiger partial charge in [-0.05, 0) is 76.2 Å². The molecule has 0 amide bonds. The maximum Gasteiger partial charge on any atom is 0.119 e. The maximum absolute atomic E-state index is 9.97. The van der Waals surface area contributed by atoms with Crippen LogP contribution < -0.4 is 4.74 Å². The fourth-order valence-corrected chi connectivity index (χ4v) is 3.87. The minimum absolute atomic E-state index is 0.276. The molecule has 6 heteroatoms. The molecule has 1 N–H and O–H groups in total. The molecule has 33 heavy (non-hydrogen) atoms. The molecule has 0 aliphatic heterocycles. The molecule has 0 bridgehead atoms. The van der Waals surface area contributed by atoms with Gasteiger partial charge in [0.05, 0.1) is 5.69 Å². The van der Waals surface area contributed by atoms with Crippen molar-refractivity contribution < 1.29 is 9.84 Å². The Morgan fingerprint density at radius 3 is 2.27 bits per heavy atom. The van der Waals surface area contributed by atoms with Gasteiger partial charge in [-0.25, -0.2) is 0 Å². The Morgan fingerprint density at radius 2 is 1.55 bits per heavy atom. The van der Waals surface area contributed by atoms with E-state index in [1.54, 1.807) is 6.07 Å². The van der Waals surface area contributed by atoms with Gasteiger partial charge < -0.3 is 24.2 Å². The van der Waals surface area contributed by atoms with Gasteiger partial charge in [0.25, 0.3) is 0 Å². The van der Waals surface area contributed by atoms with E-state index >= 15 is 0 Å². The highest BCUT2D eigenvalue weighted by molar-refractivity contribution is 5.88. The average molecular weight is 445 g/mol. The number of pyridine rings is 1. The minimum atomic E-state index is 0.276. The highest BCUT2D eigenvalue weighted by Gasteiger charge is 2.13. The summed E-state index contributed by atoms with van der Waals surface area (Å²) < 4.78 is 8.12. The van der Waals surface area contributed by atoms with Crippen LogP contribution in [0.5, 0.6) is 11.5 Å². The van der Waals surface area contributed by atoms with Crippen LogP contribution in [0.25, 0.3) is 33.3 Å². The second kappa shape index (κ2) is 10.1. The molecule has 2 aromatic carbocycles. The molecular formula is C27H32N4O2. The zero-order valence-corrected chi connectivity index (χ0v) is 19.8. The molecule has 2 aromatic heterocycles. The van der Waals surface area contributed by atoms with Gasteiger partial charge in [-0.3, -0.25) is 4.98 Å². The SMILES string of the molecule is CN(C)CCOc1ccc(-c2cncc(-c3cc4cc(O)ccc4n3CCN(C)C)c2)cc1. The van der Waals surface area contributed by atoms with Crippen molar-refractivity contribution >= 4 is 10.9 Å². The van der Waals surface area contributed by atoms with Crippen molar-refractivity contribution in [3.8, 4) is 33.9 Å². The first-order valence-electron chi connectivity index (χ1n) is 11.2. The van der Waals surface area contributed by atoms with E-state index in [0.29, 0.717) is 6.61 Å². The molecule has 0 saturated heterocycles. The molecule has 6 nitrogen and oxygen atoms in total. The van der Waals surface area contributed by atoms with Crippen LogP contribution in [-0.2, 0) is 6.54 Å². The Morgan fingerprint density at radius 1 is 0.818 bits per heavy atom. The summed E-state index contributed by atoms with van der Waals surface area (Å²) in [6, 6.07) is 18.0. The number of fused-ring (bicyclic) bond motifs is 1. The fourth-order valence-electron chi connectivity index (χ4n) is 3.87. The number of hydrogen-bond donors (Lipinski definition) is 1. The number of phenols is 1. The second-order valence-electron chi connectivity index (χ2n) is 8.87. The number of benzene rings is 2. The number of aromatic hydroxyl groups is 1. The Kier molecular flexibility index (Phi) is 6.96. The largest absolute Gasteiger partial charge is 0.508 e. The molecule has 2 heterocycles. The van der Waals surface area contributed by atoms with E-state index in [4.69, 9.17) is 4.74 Å². The molecule has 4 aromatic rings. The van der Waals surface area contributed by atoms with Crippen molar-refractivity contribution in [3.63, 3.8) is 0 Å². The number of nitrogens with zero attached hydrogens (tertiary/aromatic N) is 4. The first-order valence-corrected chi connectivity index (χ1v) is 11.2. The van der Waals surface area contributed by atoms with Gasteiger partial charge in [-0.15, -0.1) is 0 Å². The topological polar surface area (TPSA) is 53.8 Å². The molecule has 172 valence electrons. The van der Waals surface area contributed by atoms with Gasteiger partial charge in [0.2, 0.25) is 0 Å². The van der Waals surface area contributed by atoms with E-state index in [9.17, 15) is 5.11 Å². The Balaban J connectivity index is 1.64. The van der Waals surface area contributed by atoms with Crippen LogP contribution in [0.4, 0.5) is 0 Å². The molecule has 0 fully saturated rings. The number of phenolic OH excluding ortho intramolecular Hbond substituents is 1. The second-order valence-corrected chi connectivity index (χ2v) is 8.87. The lowest BCUT2D eigenvalue weighted by Crippen LogP contribution is -2.19. The van der Waals surface area contributed by atoms with Crippen LogP contribution in [0.3, 0.4) is 0 Å². The Hall–Kier alpha value is -3.35. The van der Waals surface area contributed by atoms with E-state index in [-0.39, 0.29) is 5.75 Å². The first-order chi connectivity index (χ1) is 15.9. The van der Waals surface area contributed by atoms with Crippen LogP contribution >= 0.6 is 0 Å². The summed E-state index contributed by atoms with van der Waals surface area (Å²) in [6.45, 7) is 3.31. The summed E-state index contributed by atoms with van der Waals surface area (Å²) >= 11 is 0. The highest BCUT2D eigenvalue weighted by atomic mass is 16.5. The van der Waals surface area contributed by atoms with Crippen molar-refractivity contribution in [1.29, 1.82) is 0 Å². The first kappa shape index (κ1) is 22.8. The summed E-state index contributed by atoms with van der Waals surface area (Å²) in [5, 5.41) is 11.0. The predicted molar refractivity (Wildman–Crippen MR) is 135 cm³/mol. The van der Waals surface area contributed by atoms with Crippen molar-refractivity contribution in [1.82, 2.24) is 19.4 Å². The van der Waals surface area contributed by atoms with Crippen molar-refractivity contribution in [2.24, 2.45) is 0 Å². The number of aromatic nitrogens is 2. The van der Waals surface area contributed by atoms with Crippen LogP contribution in [0.1, 0.15) is 0 Å². The maximum atomic E-state index is 9.97. The van der Waals surface area contributed by atoms with Gasteiger partial charge >= 0.3 is 0 Å². The summed E-state index contributed by atoms with van der Waals surface area (Å²) in [5.41, 5.74) is 5.40. The van der Waals surface area contributed by atoms with Crippen molar-refractivity contribution in [2.45, 2.75) is 6.54 Å². The molecule has 0 aliphatic rings. The van der Waals surface area contributed by atoms with Crippen LogP contribution in [-0.4, -0.2) is 72.3 Å². The monoisotopic (exact) mass is 444 g/mol. The molecule has 0 spiro atoms. The molecule has 0 atom stereocenters. The van der Waals surface area contributed by atoms with E-state index in [1.165, 1.54) is 0 Å². The lowest BCUT2D eigenvalue weighted by molar-refractivity contribution is 0.261. The van der Waals surface area contributed by atoms with Crippen LogP contribution in [0.15, 0.2) is 67.0 Å². The zero-order valence-electron chi connectivity index (χ0n) is 19.8. The third-order valence-electron chi connectivity index (χ3n) is 5.68. The normalized spacial score (nSPS) is 11.6. The highest BCUT2D eigenvalue weighted by Crippen LogP contribution is 2.32. The number of ether oxygens (including phenoxy) is 1. The van der Waals surface area contributed by atoms with Gasteiger partial charge in [0.15, 0.2) is 0 Å². The quantitative estimate of drug-likeness (QED) is 0.410. The minimum Gasteiger partial charge on any atom is -0.508 e. The predicted octanol–water partition coefficient (Wildman–Crippen LogP) is 4.58. The van der Waals surface area contributed by atoms with Crippen molar-refractivity contribution in [3.05, 3.63) is 67.0 Å². The molecule has 4 rings (SSSR count). The third kappa shape index (κ3) is 5.53. The van der Waals surface area contributed by atoms with E-state index in [1.807, 2.05) is 50.8 Å². The Labute approximate surface area is 195 Å². The summed E-state index contributed by atoms with van der Waals surface area (Å²) in [7, 11) is 8.23. The summed E-state index contributed by atoms with van der Waals surface area (Å²) in [6.07, 6.45) is 3.80. The third-order valence-corrected chi connectivity index (χ3v) is 5.68. The number of hydrogen-bond acceptors (Lipinski definition) is 5. The van der Waals surface area contributed by atoms with Crippen LogP contribution in [0.2, 0.25) is 0 Å². The lowest BCUT2D eigenvalue weighted by Gasteiger charge is -2.15.